The Morgan fingerprint density at radius 1 is 1.50 bits per heavy atom. The van der Waals surface area contributed by atoms with E-state index in [9.17, 15) is 4.79 Å². The van der Waals surface area contributed by atoms with Crippen molar-refractivity contribution in [2.45, 2.75) is 26.2 Å². The molecule has 4 nitrogen and oxygen atoms in total. The summed E-state index contributed by atoms with van der Waals surface area (Å²) in [6.07, 6.45) is 0. The van der Waals surface area contributed by atoms with E-state index in [1.165, 1.54) is 0 Å². The number of nitrogen functional groups attached to an aromatic ring is 1. The largest absolute Gasteiger partial charge is 0.477 e. The molecule has 14 heavy (non-hydrogen) atoms. The summed E-state index contributed by atoms with van der Waals surface area (Å²) in [5, 5.41) is 8.73. The summed E-state index contributed by atoms with van der Waals surface area (Å²) in [6, 6.07) is 1.67. The standard InChI is InChI=1S/C9H14N2O2.Y/c1-9(2,3)6-4-5(10)7(11-6)8(12)13;/h4,11H,10H2,1-3H3,(H,12,13);. The van der Waals surface area contributed by atoms with Gasteiger partial charge in [-0.25, -0.2) is 4.79 Å². The van der Waals surface area contributed by atoms with Gasteiger partial charge < -0.3 is 15.8 Å². The summed E-state index contributed by atoms with van der Waals surface area (Å²) in [6.45, 7) is 5.97. The maximum Gasteiger partial charge on any atom is 0.354 e. The molecule has 4 N–H and O–H groups in total. The minimum atomic E-state index is -1.02. The fraction of sp³-hybridized carbons (Fsp3) is 0.444. The number of nitrogens with two attached hydrogens (primary N) is 1. The number of aromatic nitrogens is 1. The summed E-state index contributed by atoms with van der Waals surface area (Å²) in [4.78, 5) is 13.4. The third-order valence-electron chi connectivity index (χ3n) is 1.87. The first-order chi connectivity index (χ1) is 5.82. The average Bonchev–Trinajstić information content (AvgIpc) is 2.29. The summed E-state index contributed by atoms with van der Waals surface area (Å²) >= 11 is 0. The molecule has 0 atom stereocenters. The van der Waals surface area contributed by atoms with Crippen LogP contribution in [0.15, 0.2) is 6.07 Å². The van der Waals surface area contributed by atoms with Crippen molar-refractivity contribution in [2.75, 3.05) is 5.73 Å². The van der Waals surface area contributed by atoms with Crippen molar-refractivity contribution in [1.29, 1.82) is 0 Å². The molecule has 1 rings (SSSR count). The first-order valence-corrected chi connectivity index (χ1v) is 4.04. The Balaban J connectivity index is 0.00000169. The number of aromatic carboxylic acids is 1. The second-order valence-corrected chi connectivity index (χ2v) is 4.07. The molecular formula is C9H14N2O2Y. The van der Waals surface area contributed by atoms with Gasteiger partial charge in [-0.1, -0.05) is 20.8 Å². The second kappa shape index (κ2) is 4.45. The van der Waals surface area contributed by atoms with E-state index in [0.29, 0.717) is 0 Å². The fourth-order valence-electron chi connectivity index (χ4n) is 1.05. The van der Waals surface area contributed by atoms with Crippen LogP contribution in [0.2, 0.25) is 0 Å². The van der Waals surface area contributed by atoms with Crippen molar-refractivity contribution in [2.24, 2.45) is 0 Å². The topological polar surface area (TPSA) is 79.1 Å². The van der Waals surface area contributed by atoms with Gasteiger partial charge in [0.05, 0.1) is 5.69 Å². The maximum atomic E-state index is 10.7. The molecule has 0 aromatic carbocycles. The molecule has 0 unspecified atom stereocenters. The van der Waals surface area contributed by atoms with Gasteiger partial charge in [-0.3, -0.25) is 0 Å². The Hall–Kier alpha value is -0.346. The van der Waals surface area contributed by atoms with Gasteiger partial charge in [0, 0.05) is 43.8 Å². The molecule has 0 fully saturated rings. The van der Waals surface area contributed by atoms with Gasteiger partial charge in [-0.2, -0.15) is 0 Å². The molecule has 0 saturated heterocycles. The molecule has 0 aliphatic rings. The minimum Gasteiger partial charge on any atom is -0.477 e. The predicted octanol–water partition coefficient (Wildman–Crippen LogP) is 1.59. The first kappa shape index (κ1) is 13.7. The molecular weight excluding hydrogens is 257 g/mol. The number of hydrogen-bond acceptors (Lipinski definition) is 2. The maximum absolute atomic E-state index is 10.7. The summed E-state index contributed by atoms with van der Waals surface area (Å²) in [7, 11) is 0. The minimum absolute atomic E-state index is 0. The smallest absolute Gasteiger partial charge is 0.354 e. The Morgan fingerprint density at radius 3 is 2.21 bits per heavy atom. The van der Waals surface area contributed by atoms with E-state index in [-0.39, 0.29) is 49.5 Å². The van der Waals surface area contributed by atoms with Gasteiger partial charge in [0.2, 0.25) is 0 Å². The van der Waals surface area contributed by atoms with Crippen LogP contribution in [0.25, 0.3) is 0 Å². The van der Waals surface area contributed by atoms with Crippen LogP contribution in [0.4, 0.5) is 5.69 Å². The van der Waals surface area contributed by atoms with Gasteiger partial charge in [-0.05, 0) is 6.07 Å². The molecule has 1 radical (unpaired) electrons. The Labute approximate surface area is 108 Å². The zero-order valence-electron chi connectivity index (χ0n) is 8.59. The number of H-pyrrole nitrogens is 1. The fourth-order valence-corrected chi connectivity index (χ4v) is 1.05. The van der Waals surface area contributed by atoms with Crippen LogP contribution in [-0.4, -0.2) is 16.1 Å². The molecule has 0 aliphatic heterocycles. The number of rotatable bonds is 1. The van der Waals surface area contributed by atoms with E-state index in [0.717, 1.165) is 5.69 Å². The van der Waals surface area contributed by atoms with Gasteiger partial charge in [0.1, 0.15) is 5.69 Å². The molecule has 0 aliphatic carbocycles. The van der Waals surface area contributed by atoms with E-state index in [4.69, 9.17) is 10.8 Å². The monoisotopic (exact) mass is 271 g/mol. The number of carboxylic acid groups (broad SMARTS) is 1. The van der Waals surface area contributed by atoms with Crippen LogP contribution in [0, 0.1) is 0 Å². The van der Waals surface area contributed by atoms with Crippen molar-refractivity contribution in [3.63, 3.8) is 0 Å². The normalized spacial score (nSPS) is 10.8. The molecule has 1 aromatic heterocycles. The Bertz CT molecular complexity index is 339. The molecule has 0 amide bonds. The van der Waals surface area contributed by atoms with E-state index in [1.54, 1.807) is 6.07 Å². The molecule has 1 heterocycles. The van der Waals surface area contributed by atoms with Gasteiger partial charge in [0.25, 0.3) is 0 Å². The van der Waals surface area contributed by atoms with E-state index < -0.39 is 5.97 Å². The Kier molecular flexibility index (Phi) is 4.34. The van der Waals surface area contributed by atoms with Gasteiger partial charge in [0.15, 0.2) is 0 Å². The van der Waals surface area contributed by atoms with Crippen molar-refractivity contribution in [3.8, 4) is 0 Å². The molecule has 1 aromatic rings. The third-order valence-corrected chi connectivity index (χ3v) is 1.87. The van der Waals surface area contributed by atoms with Crippen molar-refractivity contribution in [1.82, 2.24) is 4.98 Å². The molecule has 75 valence electrons. The zero-order valence-corrected chi connectivity index (χ0v) is 11.4. The molecule has 0 saturated carbocycles. The van der Waals surface area contributed by atoms with Crippen LogP contribution in [0.1, 0.15) is 37.0 Å². The summed E-state index contributed by atoms with van der Waals surface area (Å²) in [5.41, 5.74) is 6.62. The third kappa shape index (κ3) is 2.82. The number of carboxylic acids is 1. The Morgan fingerprint density at radius 2 is 2.00 bits per heavy atom. The quantitative estimate of drug-likeness (QED) is 0.725. The SMILES string of the molecule is CC(C)(C)c1cc(N)c(C(=O)O)[nH]1.[Y]. The summed E-state index contributed by atoms with van der Waals surface area (Å²) < 4.78 is 0. The van der Waals surface area contributed by atoms with Crippen LogP contribution in [0.3, 0.4) is 0 Å². The van der Waals surface area contributed by atoms with Gasteiger partial charge in [-0.15, -0.1) is 0 Å². The van der Waals surface area contributed by atoms with Crippen LogP contribution >= 0.6 is 0 Å². The van der Waals surface area contributed by atoms with Gasteiger partial charge >= 0.3 is 5.97 Å². The van der Waals surface area contributed by atoms with E-state index in [2.05, 4.69) is 4.98 Å². The number of hydrogen-bond donors (Lipinski definition) is 3. The molecule has 5 heteroatoms. The van der Waals surface area contributed by atoms with Crippen molar-refractivity contribution in [3.05, 3.63) is 17.5 Å². The van der Waals surface area contributed by atoms with Crippen LogP contribution in [-0.2, 0) is 38.1 Å². The van der Waals surface area contributed by atoms with Crippen LogP contribution in [0.5, 0.6) is 0 Å². The first-order valence-electron chi connectivity index (χ1n) is 4.04. The van der Waals surface area contributed by atoms with Crippen LogP contribution < -0.4 is 5.73 Å². The number of carbonyl (C=O) groups is 1. The van der Waals surface area contributed by atoms with E-state index in [1.807, 2.05) is 20.8 Å². The average molecular weight is 271 g/mol. The molecule has 0 spiro atoms. The number of nitrogens with one attached hydrogen (secondary N) is 1. The van der Waals surface area contributed by atoms with Crippen molar-refractivity contribution < 1.29 is 42.6 Å². The molecule has 0 bridgehead atoms. The zero-order chi connectivity index (χ0) is 10.2. The number of aromatic amines is 1. The second-order valence-electron chi connectivity index (χ2n) is 4.07. The predicted molar refractivity (Wildman–Crippen MR) is 50.9 cm³/mol. The summed E-state index contributed by atoms with van der Waals surface area (Å²) in [5.74, 6) is -1.02. The van der Waals surface area contributed by atoms with E-state index >= 15 is 0 Å². The van der Waals surface area contributed by atoms with Crippen molar-refractivity contribution >= 4 is 11.7 Å². The number of anilines is 1.